The van der Waals surface area contributed by atoms with Gasteiger partial charge in [-0.25, -0.2) is 8.42 Å². The van der Waals surface area contributed by atoms with Crippen LogP contribution in [0.15, 0.2) is 82.2 Å². The van der Waals surface area contributed by atoms with Crippen LogP contribution in [-0.2, 0) is 10.0 Å². The topological polar surface area (TPSA) is 96.5 Å². The van der Waals surface area contributed by atoms with Gasteiger partial charge in [0.05, 0.1) is 16.5 Å². The summed E-state index contributed by atoms with van der Waals surface area (Å²) in [5.74, 6) is 0.209. The van der Waals surface area contributed by atoms with Gasteiger partial charge in [-0.15, -0.1) is 0 Å². The molecule has 3 aromatic carbocycles. The van der Waals surface area contributed by atoms with Crippen molar-refractivity contribution in [2.45, 2.75) is 4.90 Å². The zero-order valence-electron chi connectivity index (χ0n) is 16.3. The quantitative estimate of drug-likeness (QED) is 0.418. The molecule has 0 aromatic heterocycles. The molecule has 0 radical (unpaired) electrons. The van der Waals surface area contributed by atoms with Gasteiger partial charge in [0.2, 0.25) is 0 Å². The second-order valence-corrected chi connectivity index (χ2v) is 9.20. The smallest absolute Gasteiger partial charge is 0.261 e. The molecule has 0 saturated carbocycles. The number of para-hydroxylation sites is 1. The van der Waals surface area contributed by atoms with Crippen molar-refractivity contribution in [1.29, 1.82) is 0 Å². The van der Waals surface area contributed by atoms with Crippen LogP contribution in [0.5, 0.6) is 5.75 Å². The first-order valence-corrected chi connectivity index (χ1v) is 11.6. The molecule has 31 heavy (non-hydrogen) atoms. The van der Waals surface area contributed by atoms with E-state index >= 15 is 0 Å². The minimum atomic E-state index is -3.72. The zero-order valence-corrected chi connectivity index (χ0v) is 19.5. The van der Waals surface area contributed by atoms with Gasteiger partial charge < -0.3 is 10.1 Å². The van der Waals surface area contributed by atoms with E-state index in [4.69, 9.17) is 17.0 Å². The molecule has 1 amide bonds. The van der Waals surface area contributed by atoms with Gasteiger partial charge in [-0.3, -0.25) is 14.8 Å². The second kappa shape index (κ2) is 9.90. The molecular formula is C21H18BrN3O4S2. The van der Waals surface area contributed by atoms with Gasteiger partial charge in [-0.1, -0.05) is 18.2 Å². The molecule has 10 heteroatoms. The Morgan fingerprint density at radius 2 is 1.65 bits per heavy atom. The number of thiocarbonyl (C=S) groups is 1. The van der Waals surface area contributed by atoms with Crippen LogP contribution in [0.4, 0.5) is 11.4 Å². The van der Waals surface area contributed by atoms with Gasteiger partial charge in [-0.2, -0.15) is 0 Å². The molecule has 0 bridgehead atoms. The Morgan fingerprint density at radius 3 is 2.26 bits per heavy atom. The maximum atomic E-state index is 12.5. The summed E-state index contributed by atoms with van der Waals surface area (Å²) in [4.78, 5) is 12.5. The molecule has 0 fully saturated rings. The highest BCUT2D eigenvalue weighted by atomic mass is 79.9. The van der Waals surface area contributed by atoms with E-state index in [0.29, 0.717) is 27.2 Å². The highest BCUT2D eigenvalue weighted by molar-refractivity contribution is 9.10. The van der Waals surface area contributed by atoms with Crippen molar-refractivity contribution in [3.63, 3.8) is 0 Å². The molecule has 160 valence electrons. The summed E-state index contributed by atoms with van der Waals surface area (Å²) in [7, 11) is -2.18. The third-order valence-electron chi connectivity index (χ3n) is 4.09. The van der Waals surface area contributed by atoms with Crippen LogP contribution in [-0.4, -0.2) is 26.5 Å². The average Bonchev–Trinajstić information content (AvgIpc) is 2.74. The van der Waals surface area contributed by atoms with E-state index in [1.54, 1.807) is 60.7 Å². The van der Waals surface area contributed by atoms with Crippen molar-refractivity contribution in [2.24, 2.45) is 0 Å². The average molecular weight is 520 g/mol. The van der Waals surface area contributed by atoms with Gasteiger partial charge in [0.15, 0.2) is 5.11 Å². The van der Waals surface area contributed by atoms with E-state index in [-0.39, 0.29) is 10.0 Å². The van der Waals surface area contributed by atoms with Gasteiger partial charge in [0.25, 0.3) is 15.9 Å². The number of sulfonamides is 1. The Balaban J connectivity index is 1.62. The molecular weight excluding hydrogens is 502 g/mol. The van der Waals surface area contributed by atoms with Gasteiger partial charge in [0, 0.05) is 16.9 Å². The van der Waals surface area contributed by atoms with Crippen LogP contribution in [0.3, 0.4) is 0 Å². The number of benzene rings is 3. The number of rotatable bonds is 6. The van der Waals surface area contributed by atoms with Crippen molar-refractivity contribution in [1.82, 2.24) is 5.32 Å². The second-order valence-electron chi connectivity index (χ2n) is 6.25. The van der Waals surface area contributed by atoms with Crippen molar-refractivity contribution >= 4 is 60.6 Å². The number of anilines is 2. The SMILES string of the molecule is COc1ccc(C(=O)NC(=S)Nc2ccc(S(=O)(=O)Nc3ccccc3)cc2)cc1Br. The predicted molar refractivity (Wildman–Crippen MR) is 128 cm³/mol. The maximum Gasteiger partial charge on any atom is 0.261 e. The van der Waals surface area contributed by atoms with Crippen molar-refractivity contribution < 1.29 is 17.9 Å². The van der Waals surface area contributed by atoms with E-state index < -0.39 is 15.9 Å². The van der Waals surface area contributed by atoms with E-state index in [1.165, 1.54) is 19.2 Å². The standard InChI is InChI=1S/C21H18BrN3O4S2/c1-29-19-12-7-14(13-18(19)22)20(26)24-21(30)23-15-8-10-17(11-9-15)31(27,28)25-16-5-3-2-4-6-16/h2-13,25H,1H3,(H2,23,24,26,30). The Bertz CT molecular complexity index is 1200. The number of carbonyl (C=O) groups excluding carboxylic acids is 1. The van der Waals surface area contributed by atoms with Gasteiger partial charge in [-0.05, 0) is 82.7 Å². The molecule has 7 nitrogen and oxygen atoms in total. The summed E-state index contributed by atoms with van der Waals surface area (Å²) in [5, 5.41) is 5.51. The first kappa shape index (κ1) is 22.7. The number of amides is 1. The Morgan fingerprint density at radius 1 is 0.968 bits per heavy atom. The third-order valence-corrected chi connectivity index (χ3v) is 6.31. The number of methoxy groups -OCH3 is 1. The number of halogens is 1. The summed E-state index contributed by atoms with van der Waals surface area (Å²) >= 11 is 8.51. The van der Waals surface area contributed by atoms with Gasteiger partial charge in [0.1, 0.15) is 5.75 Å². The lowest BCUT2D eigenvalue weighted by Gasteiger charge is -2.12. The summed E-state index contributed by atoms with van der Waals surface area (Å²) in [6, 6.07) is 19.5. The number of ether oxygens (including phenoxy) is 1. The van der Waals surface area contributed by atoms with E-state index in [0.717, 1.165) is 0 Å². The molecule has 0 spiro atoms. The molecule has 3 aromatic rings. The lowest BCUT2D eigenvalue weighted by atomic mass is 10.2. The maximum absolute atomic E-state index is 12.5. The van der Waals surface area contributed by atoms with Crippen LogP contribution in [0, 0.1) is 0 Å². The summed E-state index contributed by atoms with van der Waals surface area (Å²) < 4.78 is 33.3. The minimum Gasteiger partial charge on any atom is -0.496 e. The van der Waals surface area contributed by atoms with Crippen molar-refractivity contribution in [3.05, 3.63) is 82.8 Å². The molecule has 0 atom stereocenters. The largest absolute Gasteiger partial charge is 0.496 e. The summed E-state index contributed by atoms with van der Waals surface area (Å²) in [6.07, 6.45) is 0. The summed E-state index contributed by atoms with van der Waals surface area (Å²) in [5.41, 5.74) is 1.39. The van der Waals surface area contributed by atoms with Crippen molar-refractivity contribution in [2.75, 3.05) is 17.1 Å². The lowest BCUT2D eigenvalue weighted by molar-refractivity contribution is 0.0977. The molecule has 0 aliphatic rings. The molecule has 0 heterocycles. The Kier molecular flexibility index (Phi) is 7.26. The predicted octanol–water partition coefficient (Wildman–Crippen LogP) is 4.39. The first-order chi connectivity index (χ1) is 14.8. The van der Waals surface area contributed by atoms with Crippen LogP contribution in [0.1, 0.15) is 10.4 Å². The lowest BCUT2D eigenvalue weighted by Crippen LogP contribution is -2.34. The van der Waals surface area contributed by atoms with E-state index in [2.05, 4.69) is 31.3 Å². The van der Waals surface area contributed by atoms with Gasteiger partial charge >= 0.3 is 0 Å². The van der Waals surface area contributed by atoms with E-state index in [1.807, 2.05) is 0 Å². The number of carbonyl (C=O) groups is 1. The Labute approximate surface area is 194 Å². The fourth-order valence-corrected chi connectivity index (χ4v) is 4.39. The van der Waals surface area contributed by atoms with Crippen LogP contribution >= 0.6 is 28.1 Å². The first-order valence-electron chi connectivity index (χ1n) is 8.92. The van der Waals surface area contributed by atoms with Crippen LogP contribution in [0.2, 0.25) is 0 Å². The van der Waals surface area contributed by atoms with Crippen LogP contribution in [0.25, 0.3) is 0 Å². The molecule has 0 aliphatic carbocycles. The molecule has 0 saturated heterocycles. The van der Waals surface area contributed by atoms with Crippen LogP contribution < -0.4 is 20.1 Å². The van der Waals surface area contributed by atoms with Crippen molar-refractivity contribution in [3.8, 4) is 5.75 Å². The molecule has 0 unspecified atom stereocenters. The monoisotopic (exact) mass is 519 g/mol. The fraction of sp³-hybridized carbons (Fsp3) is 0.0476. The highest BCUT2D eigenvalue weighted by Crippen LogP contribution is 2.25. The molecule has 3 rings (SSSR count). The molecule has 3 N–H and O–H groups in total. The highest BCUT2D eigenvalue weighted by Gasteiger charge is 2.15. The number of hydrogen-bond donors (Lipinski definition) is 3. The zero-order chi connectivity index (χ0) is 22.4. The number of hydrogen-bond acceptors (Lipinski definition) is 5. The normalized spacial score (nSPS) is 10.8. The summed E-state index contributed by atoms with van der Waals surface area (Å²) in [6.45, 7) is 0. The minimum absolute atomic E-state index is 0.0787. The third kappa shape index (κ3) is 6.03. The number of nitrogens with one attached hydrogen (secondary N) is 3. The Hall–Kier alpha value is -2.95. The fourth-order valence-electron chi connectivity index (χ4n) is 2.58. The molecule has 0 aliphatic heterocycles. The van der Waals surface area contributed by atoms with E-state index in [9.17, 15) is 13.2 Å².